The normalized spacial score (nSPS) is 19.8. The summed E-state index contributed by atoms with van der Waals surface area (Å²) in [7, 11) is 0. The highest BCUT2D eigenvalue weighted by atomic mass is 16.5. The summed E-state index contributed by atoms with van der Waals surface area (Å²) in [6, 6.07) is 0. The van der Waals surface area contributed by atoms with E-state index in [2.05, 4.69) is 17.4 Å². The Balaban J connectivity index is 1.91. The molecule has 1 aliphatic heterocycles. The topological polar surface area (TPSA) is 24.5 Å². The van der Waals surface area contributed by atoms with E-state index in [1.54, 1.807) is 0 Å². The van der Waals surface area contributed by atoms with Crippen LogP contribution in [0.3, 0.4) is 0 Å². The van der Waals surface area contributed by atoms with Crippen molar-refractivity contribution >= 4 is 0 Å². The predicted molar refractivity (Wildman–Crippen MR) is 49.9 cm³/mol. The summed E-state index contributed by atoms with van der Waals surface area (Å²) < 4.78 is 5.25. The molecule has 12 heavy (non-hydrogen) atoms. The highest BCUT2D eigenvalue weighted by Gasteiger charge is 2.07. The Morgan fingerprint density at radius 1 is 1.25 bits per heavy atom. The minimum Gasteiger partial charge on any atom is -0.379 e. The molecule has 0 aromatic rings. The second kappa shape index (κ2) is 6.40. The number of hydrogen-bond acceptors (Lipinski definition) is 3. The monoisotopic (exact) mass is 172 g/mol. The van der Waals surface area contributed by atoms with Gasteiger partial charge < -0.3 is 4.74 Å². The fourth-order valence-corrected chi connectivity index (χ4v) is 1.33. The lowest BCUT2D eigenvalue weighted by Gasteiger charge is -2.27. The third-order valence-corrected chi connectivity index (χ3v) is 2.13. The summed E-state index contributed by atoms with van der Waals surface area (Å²) >= 11 is 0. The van der Waals surface area contributed by atoms with E-state index < -0.39 is 0 Å². The van der Waals surface area contributed by atoms with Crippen LogP contribution in [0, 0.1) is 0 Å². The first-order chi connectivity index (χ1) is 5.93. The summed E-state index contributed by atoms with van der Waals surface area (Å²) in [6.45, 7) is 7.17. The molecule has 0 amide bonds. The molecule has 0 atom stereocenters. The van der Waals surface area contributed by atoms with Gasteiger partial charge in [0.1, 0.15) is 0 Å². The summed E-state index contributed by atoms with van der Waals surface area (Å²) in [5.41, 5.74) is 3.41. The SMILES string of the molecule is CCCCCNN1CCOCC1. The van der Waals surface area contributed by atoms with Gasteiger partial charge in [0.05, 0.1) is 13.2 Å². The molecule has 1 N–H and O–H groups in total. The predicted octanol–water partition coefficient (Wildman–Crippen LogP) is 1.01. The quantitative estimate of drug-likeness (QED) is 0.626. The van der Waals surface area contributed by atoms with E-state index in [0.29, 0.717) is 0 Å². The van der Waals surface area contributed by atoms with E-state index in [1.807, 2.05) is 0 Å². The zero-order chi connectivity index (χ0) is 8.65. The van der Waals surface area contributed by atoms with E-state index in [-0.39, 0.29) is 0 Å². The second-order valence-electron chi connectivity index (χ2n) is 3.21. The molecule has 1 saturated heterocycles. The van der Waals surface area contributed by atoms with Crippen molar-refractivity contribution in [2.75, 3.05) is 32.8 Å². The number of unbranched alkanes of at least 4 members (excludes halogenated alkanes) is 2. The Kier molecular flexibility index (Phi) is 5.32. The lowest BCUT2D eigenvalue weighted by Crippen LogP contribution is -2.45. The van der Waals surface area contributed by atoms with Gasteiger partial charge in [0, 0.05) is 19.6 Å². The van der Waals surface area contributed by atoms with E-state index in [4.69, 9.17) is 4.74 Å². The molecule has 0 saturated carbocycles. The lowest BCUT2D eigenvalue weighted by molar-refractivity contribution is 0.0119. The van der Waals surface area contributed by atoms with Crippen molar-refractivity contribution in [3.8, 4) is 0 Å². The lowest BCUT2D eigenvalue weighted by atomic mass is 10.2. The van der Waals surface area contributed by atoms with Gasteiger partial charge in [-0.2, -0.15) is 0 Å². The number of ether oxygens (including phenoxy) is 1. The first-order valence-electron chi connectivity index (χ1n) is 4.99. The van der Waals surface area contributed by atoms with Crippen LogP contribution < -0.4 is 5.43 Å². The number of nitrogens with zero attached hydrogens (tertiary/aromatic N) is 1. The zero-order valence-corrected chi connectivity index (χ0v) is 8.01. The van der Waals surface area contributed by atoms with Gasteiger partial charge in [0.15, 0.2) is 0 Å². The Labute approximate surface area is 75.0 Å². The fourth-order valence-electron chi connectivity index (χ4n) is 1.33. The van der Waals surface area contributed by atoms with Gasteiger partial charge in [-0.1, -0.05) is 19.8 Å². The van der Waals surface area contributed by atoms with Crippen LogP contribution in [0.5, 0.6) is 0 Å². The van der Waals surface area contributed by atoms with Crippen molar-refractivity contribution in [1.29, 1.82) is 0 Å². The average Bonchev–Trinajstić information content (AvgIpc) is 2.14. The Morgan fingerprint density at radius 2 is 2.00 bits per heavy atom. The van der Waals surface area contributed by atoms with Crippen LogP contribution in [0.1, 0.15) is 26.2 Å². The third kappa shape index (κ3) is 4.04. The molecule has 1 fully saturated rings. The third-order valence-electron chi connectivity index (χ3n) is 2.13. The molecule has 0 aliphatic carbocycles. The molecular weight excluding hydrogens is 152 g/mol. The molecule has 1 heterocycles. The number of hydrogen-bond donors (Lipinski definition) is 1. The smallest absolute Gasteiger partial charge is 0.0608 e. The van der Waals surface area contributed by atoms with Crippen LogP contribution in [0.2, 0.25) is 0 Å². The van der Waals surface area contributed by atoms with Crippen LogP contribution in [0.15, 0.2) is 0 Å². The minimum absolute atomic E-state index is 0.876. The van der Waals surface area contributed by atoms with E-state index in [0.717, 1.165) is 32.8 Å². The van der Waals surface area contributed by atoms with Crippen LogP contribution in [-0.2, 0) is 4.74 Å². The van der Waals surface area contributed by atoms with Crippen molar-refractivity contribution in [2.45, 2.75) is 26.2 Å². The van der Waals surface area contributed by atoms with Crippen molar-refractivity contribution in [2.24, 2.45) is 0 Å². The van der Waals surface area contributed by atoms with E-state index in [1.165, 1.54) is 19.3 Å². The number of nitrogens with one attached hydrogen (secondary N) is 1. The van der Waals surface area contributed by atoms with Gasteiger partial charge in [-0.15, -0.1) is 0 Å². The molecule has 72 valence electrons. The van der Waals surface area contributed by atoms with Crippen molar-refractivity contribution < 1.29 is 4.74 Å². The zero-order valence-electron chi connectivity index (χ0n) is 8.01. The largest absolute Gasteiger partial charge is 0.379 e. The summed E-state index contributed by atoms with van der Waals surface area (Å²) in [6.07, 6.45) is 3.91. The van der Waals surface area contributed by atoms with Gasteiger partial charge in [0.2, 0.25) is 0 Å². The van der Waals surface area contributed by atoms with Crippen LogP contribution in [0.4, 0.5) is 0 Å². The second-order valence-corrected chi connectivity index (χ2v) is 3.21. The first kappa shape index (κ1) is 9.96. The first-order valence-corrected chi connectivity index (χ1v) is 4.99. The van der Waals surface area contributed by atoms with Crippen molar-refractivity contribution in [3.05, 3.63) is 0 Å². The molecule has 3 heteroatoms. The Bertz CT molecular complexity index is 103. The molecule has 0 bridgehead atoms. The number of rotatable bonds is 5. The standard InChI is InChI=1S/C9H20N2O/c1-2-3-4-5-10-11-6-8-12-9-7-11/h10H,2-9H2,1H3. The summed E-state index contributed by atoms with van der Waals surface area (Å²) in [5, 5.41) is 2.26. The van der Waals surface area contributed by atoms with Crippen LogP contribution in [-0.4, -0.2) is 37.9 Å². The maximum atomic E-state index is 5.25. The Hall–Kier alpha value is -0.120. The van der Waals surface area contributed by atoms with Gasteiger partial charge in [-0.05, 0) is 6.42 Å². The molecule has 0 aromatic heterocycles. The van der Waals surface area contributed by atoms with Gasteiger partial charge in [0.25, 0.3) is 0 Å². The van der Waals surface area contributed by atoms with Gasteiger partial charge in [-0.25, -0.2) is 5.01 Å². The molecule has 0 spiro atoms. The molecule has 0 aromatic carbocycles. The highest BCUT2D eigenvalue weighted by Crippen LogP contribution is 1.95. The molecule has 0 unspecified atom stereocenters. The fraction of sp³-hybridized carbons (Fsp3) is 1.00. The Morgan fingerprint density at radius 3 is 2.67 bits per heavy atom. The summed E-state index contributed by atoms with van der Waals surface area (Å²) in [5.74, 6) is 0. The molecular formula is C9H20N2O. The molecule has 1 aliphatic rings. The van der Waals surface area contributed by atoms with Crippen molar-refractivity contribution in [3.63, 3.8) is 0 Å². The summed E-state index contributed by atoms with van der Waals surface area (Å²) in [4.78, 5) is 0. The van der Waals surface area contributed by atoms with Gasteiger partial charge >= 0.3 is 0 Å². The number of morpholine rings is 1. The molecule has 1 rings (SSSR count). The number of hydrazine groups is 1. The highest BCUT2D eigenvalue weighted by molar-refractivity contribution is 4.56. The maximum Gasteiger partial charge on any atom is 0.0608 e. The average molecular weight is 172 g/mol. The van der Waals surface area contributed by atoms with Crippen LogP contribution in [0.25, 0.3) is 0 Å². The molecule has 0 radical (unpaired) electrons. The van der Waals surface area contributed by atoms with Crippen LogP contribution >= 0.6 is 0 Å². The molecule has 3 nitrogen and oxygen atoms in total. The van der Waals surface area contributed by atoms with Gasteiger partial charge in [-0.3, -0.25) is 5.43 Å². The minimum atomic E-state index is 0.876. The van der Waals surface area contributed by atoms with Crippen molar-refractivity contribution in [1.82, 2.24) is 10.4 Å². The van der Waals surface area contributed by atoms with E-state index >= 15 is 0 Å². The van der Waals surface area contributed by atoms with E-state index in [9.17, 15) is 0 Å². The maximum absolute atomic E-state index is 5.25.